The third-order valence-corrected chi connectivity index (χ3v) is 6.18. The molecule has 0 saturated heterocycles. The Kier molecular flexibility index (Phi) is 3.82. The average Bonchev–Trinajstić information content (AvgIpc) is 3.23. The van der Waals surface area contributed by atoms with Crippen LogP contribution in [0.5, 0.6) is 0 Å². The maximum absolute atomic E-state index is 12.3. The van der Waals surface area contributed by atoms with E-state index in [1.165, 1.54) is 16.0 Å². The van der Waals surface area contributed by atoms with Crippen molar-refractivity contribution in [3.8, 4) is 0 Å². The molecule has 0 atom stereocenters. The van der Waals surface area contributed by atoms with Crippen LogP contribution in [-0.4, -0.2) is 27.2 Å². The summed E-state index contributed by atoms with van der Waals surface area (Å²) in [4.78, 5) is 18.7. The maximum Gasteiger partial charge on any atom is 0.261 e. The number of thiazole rings is 1. The Bertz CT molecular complexity index is 976. The molecule has 24 heavy (non-hydrogen) atoms. The van der Waals surface area contributed by atoms with Crippen molar-refractivity contribution in [3.63, 3.8) is 0 Å². The van der Waals surface area contributed by atoms with E-state index in [4.69, 9.17) is 0 Å². The highest BCUT2D eigenvalue weighted by molar-refractivity contribution is 7.20. The molecule has 3 aromatic heterocycles. The first-order valence-corrected chi connectivity index (χ1v) is 9.31. The molecule has 4 aromatic rings. The smallest absolute Gasteiger partial charge is 0.261 e. The number of fused-ring (bicyclic) bond motifs is 2. The summed E-state index contributed by atoms with van der Waals surface area (Å²) in [5.41, 5.74) is 1.98. The number of nitrogens with one attached hydrogen (secondary N) is 1. The van der Waals surface area contributed by atoms with Gasteiger partial charge in [-0.1, -0.05) is 12.1 Å². The molecule has 0 unspecified atom stereocenters. The van der Waals surface area contributed by atoms with Gasteiger partial charge in [-0.3, -0.25) is 9.48 Å². The van der Waals surface area contributed by atoms with Gasteiger partial charge in [0.15, 0.2) is 0 Å². The molecule has 1 amide bonds. The molecule has 5 nitrogen and oxygen atoms in total. The summed E-state index contributed by atoms with van der Waals surface area (Å²) in [7, 11) is 1.90. The summed E-state index contributed by atoms with van der Waals surface area (Å²) in [6, 6.07) is 10.0. The van der Waals surface area contributed by atoms with E-state index in [9.17, 15) is 4.79 Å². The van der Waals surface area contributed by atoms with E-state index < -0.39 is 0 Å². The van der Waals surface area contributed by atoms with Gasteiger partial charge >= 0.3 is 0 Å². The van der Waals surface area contributed by atoms with Crippen molar-refractivity contribution in [1.82, 2.24) is 20.1 Å². The number of aryl methyl sites for hydroxylation is 2. The van der Waals surface area contributed by atoms with Gasteiger partial charge in [0, 0.05) is 25.4 Å². The van der Waals surface area contributed by atoms with Crippen LogP contribution in [0, 0.1) is 6.92 Å². The molecular weight excluding hydrogens is 340 g/mol. The van der Waals surface area contributed by atoms with E-state index in [0.29, 0.717) is 6.54 Å². The lowest BCUT2D eigenvalue weighted by Crippen LogP contribution is -2.24. The molecule has 3 heterocycles. The Balaban J connectivity index is 1.42. The van der Waals surface area contributed by atoms with Crippen molar-refractivity contribution in [3.05, 3.63) is 45.9 Å². The first-order chi connectivity index (χ1) is 11.6. The van der Waals surface area contributed by atoms with Gasteiger partial charge in [-0.15, -0.1) is 22.7 Å². The molecule has 0 aliphatic carbocycles. The van der Waals surface area contributed by atoms with Crippen LogP contribution in [0.4, 0.5) is 0 Å². The highest BCUT2D eigenvalue weighted by Crippen LogP contribution is 2.27. The average molecular weight is 356 g/mol. The summed E-state index contributed by atoms with van der Waals surface area (Å²) in [6.07, 6.45) is 0.747. The van der Waals surface area contributed by atoms with Crippen LogP contribution >= 0.6 is 22.7 Å². The number of benzene rings is 1. The van der Waals surface area contributed by atoms with Gasteiger partial charge in [0.25, 0.3) is 5.91 Å². The highest BCUT2D eigenvalue weighted by Gasteiger charge is 2.15. The predicted octanol–water partition coefficient (Wildman–Crippen LogP) is 3.53. The van der Waals surface area contributed by atoms with Crippen LogP contribution in [0.15, 0.2) is 30.3 Å². The van der Waals surface area contributed by atoms with Crippen LogP contribution in [0.2, 0.25) is 0 Å². The summed E-state index contributed by atoms with van der Waals surface area (Å²) in [5.74, 6) is -0.0308. The van der Waals surface area contributed by atoms with Crippen LogP contribution in [0.1, 0.15) is 20.4 Å². The number of thiophene rings is 1. The van der Waals surface area contributed by atoms with Crippen molar-refractivity contribution < 1.29 is 4.79 Å². The van der Waals surface area contributed by atoms with E-state index in [1.807, 2.05) is 42.9 Å². The monoisotopic (exact) mass is 356 g/mol. The minimum absolute atomic E-state index is 0.0308. The largest absolute Gasteiger partial charge is 0.351 e. The number of para-hydroxylation sites is 1. The van der Waals surface area contributed by atoms with Crippen LogP contribution in [0.25, 0.3) is 20.4 Å². The lowest BCUT2D eigenvalue weighted by Gasteiger charge is -2.01. The second-order valence-corrected chi connectivity index (χ2v) is 7.77. The quantitative estimate of drug-likeness (QED) is 0.608. The fourth-order valence-corrected chi connectivity index (χ4v) is 4.72. The van der Waals surface area contributed by atoms with Crippen LogP contribution in [0.3, 0.4) is 0 Å². The van der Waals surface area contributed by atoms with Gasteiger partial charge in [0.05, 0.1) is 25.8 Å². The molecule has 0 radical (unpaired) electrons. The molecule has 1 N–H and O–H groups in total. The minimum atomic E-state index is -0.0308. The van der Waals surface area contributed by atoms with Gasteiger partial charge in [-0.2, -0.15) is 5.10 Å². The zero-order chi connectivity index (χ0) is 16.7. The molecule has 0 spiro atoms. The van der Waals surface area contributed by atoms with Crippen molar-refractivity contribution in [2.45, 2.75) is 13.3 Å². The second-order valence-electron chi connectivity index (χ2n) is 5.62. The molecule has 7 heteroatoms. The first kappa shape index (κ1) is 15.3. The molecule has 0 saturated carbocycles. The maximum atomic E-state index is 12.3. The summed E-state index contributed by atoms with van der Waals surface area (Å²) < 4.78 is 3.01. The molecular formula is C17H16N4OS2. The molecule has 4 rings (SSSR count). The zero-order valence-corrected chi connectivity index (χ0v) is 15.0. The van der Waals surface area contributed by atoms with Crippen LogP contribution in [-0.2, 0) is 13.5 Å². The third kappa shape index (κ3) is 2.70. The van der Waals surface area contributed by atoms with E-state index in [1.54, 1.807) is 11.3 Å². The lowest BCUT2D eigenvalue weighted by molar-refractivity contribution is 0.0958. The van der Waals surface area contributed by atoms with Gasteiger partial charge < -0.3 is 5.32 Å². The number of amides is 1. The SMILES string of the molecule is Cc1nn(C)c2sc(C(=O)NCCc3nc4ccccc4s3)cc12. The molecule has 1 aromatic carbocycles. The Morgan fingerprint density at radius 1 is 1.29 bits per heavy atom. The topological polar surface area (TPSA) is 59.8 Å². The molecule has 0 bridgehead atoms. The van der Waals surface area contributed by atoms with Crippen molar-refractivity contribution in [2.24, 2.45) is 7.05 Å². The number of nitrogens with zero attached hydrogens (tertiary/aromatic N) is 3. The van der Waals surface area contributed by atoms with E-state index in [2.05, 4.69) is 21.5 Å². The number of aromatic nitrogens is 3. The van der Waals surface area contributed by atoms with Gasteiger partial charge in [0.2, 0.25) is 0 Å². The number of rotatable bonds is 4. The highest BCUT2D eigenvalue weighted by atomic mass is 32.1. The molecule has 0 aliphatic rings. The molecule has 0 fully saturated rings. The molecule has 0 aliphatic heterocycles. The predicted molar refractivity (Wildman–Crippen MR) is 99.0 cm³/mol. The summed E-state index contributed by atoms with van der Waals surface area (Å²) in [5, 5.41) is 9.46. The Hall–Kier alpha value is -2.25. The number of hydrogen-bond acceptors (Lipinski definition) is 5. The van der Waals surface area contributed by atoms with E-state index in [0.717, 1.165) is 37.7 Å². The second kappa shape index (κ2) is 5.99. The van der Waals surface area contributed by atoms with Crippen molar-refractivity contribution in [1.29, 1.82) is 0 Å². The summed E-state index contributed by atoms with van der Waals surface area (Å²) in [6.45, 7) is 2.55. The van der Waals surface area contributed by atoms with Gasteiger partial charge in [-0.25, -0.2) is 4.98 Å². The number of carbonyl (C=O) groups excluding carboxylic acids is 1. The fraction of sp³-hybridized carbons (Fsp3) is 0.235. The normalized spacial score (nSPS) is 11.4. The van der Waals surface area contributed by atoms with E-state index in [-0.39, 0.29) is 5.91 Å². The number of carbonyl (C=O) groups is 1. The molecule has 122 valence electrons. The Morgan fingerprint density at radius 2 is 2.12 bits per heavy atom. The fourth-order valence-electron chi connectivity index (χ4n) is 2.71. The summed E-state index contributed by atoms with van der Waals surface area (Å²) >= 11 is 3.16. The van der Waals surface area contributed by atoms with E-state index >= 15 is 0 Å². The van der Waals surface area contributed by atoms with Gasteiger partial charge in [-0.05, 0) is 25.1 Å². The standard InChI is InChI=1S/C17H16N4OS2/c1-10-11-9-14(24-17(11)21(2)20-10)16(22)18-8-7-15-19-12-5-3-4-6-13(12)23-15/h3-6,9H,7-8H2,1-2H3,(H,18,22). The minimum Gasteiger partial charge on any atom is -0.351 e. The Morgan fingerprint density at radius 3 is 2.92 bits per heavy atom. The zero-order valence-electron chi connectivity index (χ0n) is 13.4. The van der Waals surface area contributed by atoms with Gasteiger partial charge in [0.1, 0.15) is 4.83 Å². The first-order valence-electron chi connectivity index (χ1n) is 7.67. The van der Waals surface area contributed by atoms with Crippen molar-refractivity contribution in [2.75, 3.05) is 6.54 Å². The lowest BCUT2D eigenvalue weighted by atomic mass is 10.3. The number of hydrogen-bond donors (Lipinski definition) is 1. The third-order valence-electron chi connectivity index (χ3n) is 3.88. The Labute approximate surface area is 146 Å². The van der Waals surface area contributed by atoms with Crippen molar-refractivity contribution >= 4 is 49.0 Å². The van der Waals surface area contributed by atoms with Crippen LogP contribution < -0.4 is 5.32 Å².